The quantitative estimate of drug-likeness (QED) is 0.608. The third-order valence-electron chi connectivity index (χ3n) is 5.06. The van der Waals surface area contributed by atoms with Crippen molar-refractivity contribution in [1.82, 2.24) is 9.78 Å². The Kier molecular flexibility index (Phi) is 6.82. The smallest absolute Gasteiger partial charge is 0.267 e. The highest BCUT2D eigenvalue weighted by Crippen LogP contribution is 2.40. The minimum atomic E-state index is -0.381. The van der Waals surface area contributed by atoms with Crippen LogP contribution in [0, 0.1) is 20.8 Å². The third kappa shape index (κ3) is 4.74. The Hall–Kier alpha value is -3.81. The van der Waals surface area contributed by atoms with E-state index in [0.29, 0.717) is 28.5 Å². The molecule has 1 aromatic heterocycles. The topological polar surface area (TPSA) is 91.7 Å². The summed E-state index contributed by atoms with van der Waals surface area (Å²) in [5.74, 6) is 1.04. The number of nitrogens with zero attached hydrogens (tertiary/aromatic N) is 2. The summed E-state index contributed by atoms with van der Waals surface area (Å²) < 4.78 is 17.3. The van der Waals surface area contributed by atoms with Crippen molar-refractivity contribution >= 4 is 11.6 Å². The molecule has 0 radical (unpaired) electrons. The van der Waals surface area contributed by atoms with Crippen LogP contribution in [0.15, 0.2) is 41.2 Å². The fourth-order valence-electron chi connectivity index (χ4n) is 3.64. The van der Waals surface area contributed by atoms with Crippen molar-refractivity contribution in [2.75, 3.05) is 26.6 Å². The average Bonchev–Trinajstić information content (AvgIpc) is 2.76. The second kappa shape index (κ2) is 9.55. The van der Waals surface area contributed by atoms with Gasteiger partial charge in [-0.1, -0.05) is 17.7 Å². The second-order valence-electron chi connectivity index (χ2n) is 7.45. The maximum absolute atomic E-state index is 12.7. The van der Waals surface area contributed by atoms with Gasteiger partial charge >= 0.3 is 0 Å². The summed E-state index contributed by atoms with van der Waals surface area (Å²) in [5.41, 5.74) is 4.54. The van der Waals surface area contributed by atoms with Gasteiger partial charge in [-0.2, -0.15) is 5.10 Å². The van der Waals surface area contributed by atoms with E-state index in [-0.39, 0.29) is 18.0 Å². The Balaban J connectivity index is 1.92. The molecule has 1 heterocycles. The monoisotopic (exact) mass is 437 g/mol. The molecule has 8 heteroatoms. The second-order valence-corrected chi connectivity index (χ2v) is 7.45. The van der Waals surface area contributed by atoms with Crippen molar-refractivity contribution in [3.63, 3.8) is 0 Å². The van der Waals surface area contributed by atoms with E-state index in [1.807, 2.05) is 32.9 Å². The van der Waals surface area contributed by atoms with Gasteiger partial charge in [0.05, 0.1) is 27.0 Å². The predicted octanol–water partition coefficient (Wildman–Crippen LogP) is 3.50. The SMILES string of the molecule is COc1cc(-c2ccc(=O)n(CC(=O)Nc3c(C)cc(C)cc3C)n2)cc(OC)c1OC. The number of benzene rings is 2. The number of methoxy groups -OCH3 is 3. The van der Waals surface area contributed by atoms with E-state index < -0.39 is 0 Å². The molecule has 0 unspecified atom stereocenters. The number of carbonyl (C=O) groups excluding carboxylic acids is 1. The number of nitrogens with one attached hydrogen (secondary N) is 1. The van der Waals surface area contributed by atoms with Gasteiger partial charge in [0.1, 0.15) is 6.54 Å². The van der Waals surface area contributed by atoms with E-state index in [4.69, 9.17) is 14.2 Å². The number of amides is 1. The summed E-state index contributed by atoms with van der Waals surface area (Å²) >= 11 is 0. The number of aryl methyl sites for hydroxylation is 3. The zero-order valence-electron chi connectivity index (χ0n) is 19.1. The Morgan fingerprint density at radius 1 is 0.938 bits per heavy atom. The lowest BCUT2D eigenvalue weighted by molar-refractivity contribution is -0.117. The maximum atomic E-state index is 12.7. The van der Waals surface area contributed by atoms with Crippen LogP contribution in [-0.2, 0) is 11.3 Å². The van der Waals surface area contributed by atoms with Gasteiger partial charge in [0, 0.05) is 17.3 Å². The molecular formula is C24H27N3O5. The lowest BCUT2D eigenvalue weighted by atomic mass is 10.1. The summed E-state index contributed by atoms with van der Waals surface area (Å²) in [7, 11) is 4.57. The summed E-state index contributed by atoms with van der Waals surface area (Å²) in [5, 5.41) is 7.28. The van der Waals surface area contributed by atoms with E-state index >= 15 is 0 Å². The molecule has 0 bridgehead atoms. The van der Waals surface area contributed by atoms with Gasteiger partial charge in [-0.15, -0.1) is 0 Å². The standard InChI is InChI=1S/C24H27N3O5/c1-14-9-15(2)23(16(3)10-14)25-21(28)13-27-22(29)8-7-18(26-27)17-11-19(30-4)24(32-6)20(12-17)31-5/h7-12H,13H2,1-6H3,(H,25,28). The number of anilines is 1. The van der Waals surface area contributed by atoms with Gasteiger partial charge in [-0.25, -0.2) is 4.68 Å². The van der Waals surface area contributed by atoms with Gasteiger partial charge in [0.2, 0.25) is 11.7 Å². The number of ether oxygens (including phenoxy) is 3. The molecule has 8 nitrogen and oxygen atoms in total. The largest absolute Gasteiger partial charge is 0.493 e. The molecule has 1 amide bonds. The van der Waals surface area contributed by atoms with Crippen LogP contribution in [0.5, 0.6) is 17.2 Å². The number of hydrogen-bond acceptors (Lipinski definition) is 6. The highest BCUT2D eigenvalue weighted by atomic mass is 16.5. The number of rotatable bonds is 7. The molecule has 3 rings (SSSR count). The van der Waals surface area contributed by atoms with Crippen LogP contribution in [0.2, 0.25) is 0 Å². The van der Waals surface area contributed by atoms with Crippen LogP contribution < -0.4 is 25.1 Å². The molecule has 0 aliphatic carbocycles. The Morgan fingerprint density at radius 3 is 2.06 bits per heavy atom. The van der Waals surface area contributed by atoms with Gasteiger partial charge in [0.15, 0.2) is 11.5 Å². The average molecular weight is 437 g/mol. The molecule has 3 aromatic rings. The number of carbonyl (C=O) groups is 1. The predicted molar refractivity (Wildman–Crippen MR) is 123 cm³/mol. The first-order valence-electron chi connectivity index (χ1n) is 10.0. The van der Waals surface area contributed by atoms with Crippen molar-refractivity contribution < 1.29 is 19.0 Å². The molecule has 0 aliphatic rings. The van der Waals surface area contributed by atoms with Crippen LogP contribution in [0.1, 0.15) is 16.7 Å². The van der Waals surface area contributed by atoms with Crippen molar-refractivity contribution in [3.8, 4) is 28.5 Å². The van der Waals surface area contributed by atoms with Crippen molar-refractivity contribution in [1.29, 1.82) is 0 Å². The van der Waals surface area contributed by atoms with Crippen LogP contribution in [0.25, 0.3) is 11.3 Å². The number of aromatic nitrogens is 2. The fraction of sp³-hybridized carbons (Fsp3) is 0.292. The normalized spacial score (nSPS) is 10.6. The van der Waals surface area contributed by atoms with Crippen LogP contribution in [0.4, 0.5) is 5.69 Å². The highest BCUT2D eigenvalue weighted by Gasteiger charge is 2.16. The molecule has 0 spiro atoms. The Bertz CT molecular complexity index is 1170. The first kappa shape index (κ1) is 22.9. The summed E-state index contributed by atoms with van der Waals surface area (Å²) in [6, 6.07) is 10.4. The molecule has 2 aromatic carbocycles. The van der Waals surface area contributed by atoms with Crippen molar-refractivity contribution in [3.05, 3.63) is 63.4 Å². The highest BCUT2D eigenvalue weighted by molar-refractivity contribution is 5.92. The van der Waals surface area contributed by atoms with Crippen LogP contribution in [-0.4, -0.2) is 37.0 Å². The van der Waals surface area contributed by atoms with Crippen molar-refractivity contribution in [2.45, 2.75) is 27.3 Å². The molecular weight excluding hydrogens is 410 g/mol. The van der Waals surface area contributed by atoms with Crippen molar-refractivity contribution in [2.24, 2.45) is 0 Å². The molecule has 0 aliphatic heterocycles. The minimum absolute atomic E-state index is 0.218. The first-order chi connectivity index (χ1) is 15.3. The molecule has 1 N–H and O–H groups in total. The van der Waals surface area contributed by atoms with Gasteiger partial charge < -0.3 is 19.5 Å². The van der Waals surface area contributed by atoms with Gasteiger partial charge in [-0.05, 0) is 50.1 Å². The Morgan fingerprint density at radius 2 is 1.53 bits per heavy atom. The molecule has 0 saturated heterocycles. The maximum Gasteiger partial charge on any atom is 0.267 e. The van der Waals surface area contributed by atoms with E-state index in [1.54, 1.807) is 18.2 Å². The fourth-order valence-corrected chi connectivity index (χ4v) is 3.64. The minimum Gasteiger partial charge on any atom is -0.493 e. The van der Waals surface area contributed by atoms with Crippen LogP contribution in [0.3, 0.4) is 0 Å². The van der Waals surface area contributed by atoms with E-state index in [0.717, 1.165) is 27.1 Å². The lowest BCUT2D eigenvalue weighted by Crippen LogP contribution is -2.29. The molecule has 0 fully saturated rings. The zero-order chi connectivity index (χ0) is 23.4. The summed E-state index contributed by atoms with van der Waals surface area (Å²) in [6.07, 6.45) is 0. The summed E-state index contributed by atoms with van der Waals surface area (Å²) in [6.45, 7) is 5.66. The first-order valence-corrected chi connectivity index (χ1v) is 10.0. The van der Waals surface area contributed by atoms with Gasteiger partial charge in [0.25, 0.3) is 5.56 Å². The lowest BCUT2D eigenvalue weighted by Gasteiger charge is -2.15. The van der Waals surface area contributed by atoms with E-state index in [2.05, 4.69) is 10.4 Å². The molecule has 32 heavy (non-hydrogen) atoms. The van der Waals surface area contributed by atoms with E-state index in [9.17, 15) is 9.59 Å². The zero-order valence-corrected chi connectivity index (χ0v) is 19.1. The Labute approximate surface area is 186 Å². The molecule has 0 atom stereocenters. The third-order valence-corrected chi connectivity index (χ3v) is 5.06. The van der Waals surface area contributed by atoms with Crippen LogP contribution >= 0.6 is 0 Å². The van der Waals surface area contributed by atoms with E-state index in [1.165, 1.54) is 27.4 Å². The number of hydrogen-bond donors (Lipinski definition) is 1. The van der Waals surface area contributed by atoms with Gasteiger partial charge in [-0.3, -0.25) is 9.59 Å². The summed E-state index contributed by atoms with van der Waals surface area (Å²) in [4.78, 5) is 25.1. The molecule has 0 saturated carbocycles. The molecule has 168 valence electrons.